The highest BCUT2D eigenvalue weighted by molar-refractivity contribution is 5.89. The summed E-state index contributed by atoms with van der Waals surface area (Å²) in [6.07, 6.45) is 0. The lowest BCUT2D eigenvalue weighted by atomic mass is 9.90. The number of carbonyl (C=O) groups excluding carboxylic acids is 1. The van der Waals surface area contributed by atoms with Crippen LogP contribution in [0.2, 0.25) is 0 Å². The average molecular weight is 350 g/mol. The molecule has 136 valence electrons. The van der Waals surface area contributed by atoms with E-state index in [2.05, 4.69) is 47.2 Å². The molecule has 2 heterocycles. The lowest BCUT2D eigenvalue weighted by Crippen LogP contribution is -2.28. The second-order valence-corrected chi connectivity index (χ2v) is 7.60. The van der Waals surface area contributed by atoms with Crippen molar-refractivity contribution in [1.29, 1.82) is 0 Å². The third-order valence-corrected chi connectivity index (χ3v) is 5.89. The lowest BCUT2D eigenvalue weighted by molar-refractivity contribution is 0.0600. The van der Waals surface area contributed by atoms with Crippen LogP contribution in [0.5, 0.6) is 0 Å². The van der Waals surface area contributed by atoms with Crippen molar-refractivity contribution in [3.8, 4) is 0 Å². The Morgan fingerprint density at radius 1 is 1.04 bits per heavy atom. The summed E-state index contributed by atoms with van der Waals surface area (Å²) in [6.45, 7) is 4.39. The van der Waals surface area contributed by atoms with E-state index in [1.54, 1.807) is 0 Å². The van der Waals surface area contributed by atoms with Crippen LogP contribution < -0.4 is 0 Å². The maximum Gasteiger partial charge on any atom is 0.337 e. The molecule has 2 aromatic rings. The SMILES string of the molecule is COC(=O)c1ccc(CN2C[C@@H]3CN(C)[C@@H](c4ccccc4)[C@@H]3C2)cc1. The van der Waals surface area contributed by atoms with Gasteiger partial charge in [-0.05, 0) is 42.1 Å². The predicted octanol–water partition coefficient (Wildman–Crippen LogP) is 3.21. The minimum Gasteiger partial charge on any atom is -0.465 e. The fraction of sp³-hybridized carbons (Fsp3) is 0.409. The Morgan fingerprint density at radius 3 is 2.46 bits per heavy atom. The van der Waals surface area contributed by atoms with E-state index >= 15 is 0 Å². The number of rotatable bonds is 4. The van der Waals surface area contributed by atoms with Crippen LogP contribution >= 0.6 is 0 Å². The molecule has 2 saturated heterocycles. The van der Waals surface area contributed by atoms with Crippen molar-refractivity contribution in [1.82, 2.24) is 9.80 Å². The van der Waals surface area contributed by atoms with E-state index in [0.29, 0.717) is 17.5 Å². The van der Waals surface area contributed by atoms with Gasteiger partial charge in [0.05, 0.1) is 12.7 Å². The van der Waals surface area contributed by atoms with E-state index in [-0.39, 0.29) is 5.97 Å². The molecule has 0 saturated carbocycles. The van der Waals surface area contributed by atoms with Crippen molar-refractivity contribution in [2.45, 2.75) is 12.6 Å². The third kappa shape index (κ3) is 3.27. The van der Waals surface area contributed by atoms with Crippen molar-refractivity contribution < 1.29 is 9.53 Å². The number of likely N-dealkylation sites (tertiary alicyclic amines) is 2. The first-order valence-corrected chi connectivity index (χ1v) is 9.30. The van der Waals surface area contributed by atoms with Crippen molar-refractivity contribution in [3.05, 3.63) is 71.3 Å². The van der Waals surface area contributed by atoms with E-state index in [4.69, 9.17) is 4.74 Å². The number of hydrogen-bond donors (Lipinski definition) is 0. The number of fused-ring (bicyclic) bond motifs is 1. The topological polar surface area (TPSA) is 32.8 Å². The second kappa shape index (κ2) is 7.22. The first-order valence-electron chi connectivity index (χ1n) is 9.30. The molecule has 2 fully saturated rings. The van der Waals surface area contributed by atoms with Crippen molar-refractivity contribution in [2.24, 2.45) is 11.8 Å². The molecular weight excluding hydrogens is 324 g/mol. The largest absolute Gasteiger partial charge is 0.465 e. The molecule has 0 amide bonds. The number of esters is 1. The molecule has 0 unspecified atom stereocenters. The molecule has 4 nitrogen and oxygen atoms in total. The van der Waals surface area contributed by atoms with E-state index in [1.165, 1.54) is 24.8 Å². The Hall–Kier alpha value is -2.17. The van der Waals surface area contributed by atoms with Gasteiger partial charge >= 0.3 is 5.97 Å². The summed E-state index contributed by atoms with van der Waals surface area (Å²) in [5.74, 6) is 1.15. The summed E-state index contributed by atoms with van der Waals surface area (Å²) in [7, 11) is 3.67. The molecule has 0 aliphatic carbocycles. The highest BCUT2D eigenvalue weighted by Gasteiger charge is 2.45. The van der Waals surface area contributed by atoms with Crippen LogP contribution in [0, 0.1) is 11.8 Å². The van der Waals surface area contributed by atoms with Crippen LogP contribution in [0.3, 0.4) is 0 Å². The third-order valence-electron chi connectivity index (χ3n) is 5.89. The first kappa shape index (κ1) is 17.3. The van der Waals surface area contributed by atoms with Crippen LogP contribution in [0.4, 0.5) is 0 Å². The van der Waals surface area contributed by atoms with Gasteiger partial charge in [-0.3, -0.25) is 9.80 Å². The summed E-state index contributed by atoms with van der Waals surface area (Å²) >= 11 is 0. The van der Waals surface area contributed by atoms with Gasteiger partial charge in [-0.15, -0.1) is 0 Å². The number of hydrogen-bond acceptors (Lipinski definition) is 4. The van der Waals surface area contributed by atoms with Crippen LogP contribution in [0.15, 0.2) is 54.6 Å². The van der Waals surface area contributed by atoms with Gasteiger partial charge in [-0.2, -0.15) is 0 Å². The normalized spacial score (nSPS) is 26.0. The minimum absolute atomic E-state index is 0.277. The summed E-state index contributed by atoms with van der Waals surface area (Å²) in [5, 5.41) is 0. The zero-order valence-electron chi connectivity index (χ0n) is 15.5. The maximum atomic E-state index is 11.6. The highest BCUT2D eigenvalue weighted by atomic mass is 16.5. The number of benzene rings is 2. The molecule has 2 aromatic carbocycles. The Balaban J connectivity index is 1.43. The van der Waals surface area contributed by atoms with Gasteiger partial charge in [0.2, 0.25) is 0 Å². The van der Waals surface area contributed by atoms with Crippen LogP contribution in [-0.2, 0) is 11.3 Å². The second-order valence-electron chi connectivity index (χ2n) is 7.60. The van der Waals surface area contributed by atoms with Crippen LogP contribution in [-0.4, -0.2) is 49.6 Å². The number of methoxy groups -OCH3 is 1. The molecule has 0 radical (unpaired) electrons. The summed E-state index contributed by atoms with van der Waals surface area (Å²) in [6, 6.07) is 19.2. The predicted molar refractivity (Wildman–Crippen MR) is 102 cm³/mol. The van der Waals surface area contributed by atoms with Gasteiger partial charge in [0, 0.05) is 32.2 Å². The molecule has 0 aromatic heterocycles. The quantitative estimate of drug-likeness (QED) is 0.793. The van der Waals surface area contributed by atoms with E-state index < -0.39 is 0 Å². The number of ether oxygens (including phenoxy) is 1. The fourth-order valence-corrected chi connectivity index (χ4v) is 4.75. The Bertz CT molecular complexity index is 759. The van der Waals surface area contributed by atoms with Gasteiger partial charge in [-0.1, -0.05) is 42.5 Å². The Morgan fingerprint density at radius 2 is 1.77 bits per heavy atom. The van der Waals surface area contributed by atoms with E-state index in [9.17, 15) is 4.79 Å². The number of carbonyl (C=O) groups is 1. The molecule has 4 heteroatoms. The van der Waals surface area contributed by atoms with Gasteiger partial charge in [0.15, 0.2) is 0 Å². The minimum atomic E-state index is -0.277. The molecule has 4 rings (SSSR count). The Labute approximate surface area is 155 Å². The van der Waals surface area contributed by atoms with Gasteiger partial charge in [0.25, 0.3) is 0 Å². The van der Waals surface area contributed by atoms with Crippen molar-refractivity contribution >= 4 is 5.97 Å². The van der Waals surface area contributed by atoms with Crippen molar-refractivity contribution in [3.63, 3.8) is 0 Å². The van der Waals surface area contributed by atoms with Crippen LogP contribution in [0.25, 0.3) is 0 Å². The molecule has 3 atom stereocenters. The molecule has 0 spiro atoms. The van der Waals surface area contributed by atoms with Gasteiger partial charge < -0.3 is 4.74 Å². The van der Waals surface area contributed by atoms with Gasteiger partial charge in [0.1, 0.15) is 0 Å². The van der Waals surface area contributed by atoms with E-state index in [1.807, 2.05) is 24.3 Å². The molecule has 26 heavy (non-hydrogen) atoms. The molecule has 2 aliphatic heterocycles. The molecule has 2 aliphatic rings. The van der Waals surface area contributed by atoms with E-state index in [0.717, 1.165) is 25.6 Å². The summed E-state index contributed by atoms with van der Waals surface area (Å²) in [5.41, 5.74) is 3.30. The number of nitrogens with zero attached hydrogens (tertiary/aromatic N) is 2. The highest BCUT2D eigenvalue weighted by Crippen LogP contribution is 2.44. The average Bonchev–Trinajstić information content (AvgIpc) is 3.18. The zero-order chi connectivity index (χ0) is 18.1. The zero-order valence-corrected chi connectivity index (χ0v) is 15.5. The lowest BCUT2D eigenvalue weighted by Gasteiger charge is -2.27. The standard InChI is InChI=1S/C22H26N2O2/c1-23-13-19-14-24(12-16-8-10-18(11-9-16)22(25)26-2)15-20(19)21(23)17-6-4-3-5-7-17/h3-11,19-21H,12-15H2,1-2H3/t19-,20+,21-/m0/s1. The fourth-order valence-electron chi connectivity index (χ4n) is 4.75. The van der Waals surface area contributed by atoms with Crippen LogP contribution in [0.1, 0.15) is 27.5 Å². The smallest absolute Gasteiger partial charge is 0.337 e. The summed E-state index contributed by atoms with van der Waals surface area (Å²) in [4.78, 5) is 16.6. The monoisotopic (exact) mass is 350 g/mol. The summed E-state index contributed by atoms with van der Waals surface area (Å²) < 4.78 is 4.77. The van der Waals surface area contributed by atoms with Gasteiger partial charge in [-0.25, -0.2) is 4.79 Å². The Kier molecular flexibility index (Phi) is 4.79. The maximum absolute atomic E-state index is 11.6. The molecule has 0 bridgehead atoms. The van der Waals surface area contributed by atoms with Crippen molar-refractivity contribution in [2.75, 3.05) is 33.8 Å². The molecular formula is C22H26N2O2. The first-order chi connectivity index (χ1) is 12.7. The molecule has 0 N–H and O–H groups in total.